The number of hydrogen-bond donors (Lipinski definition) is 1. The van der Waals surface area contributed by atoms with E-state index in [0.717, 1.165) is 31.7 Å². The zero-order valence-electron chi connectivity index (χ0n) is 15.4. The molecule has 2 saturated heterocycles. The van der Waals surface area contributed by atoms with Crippen LogP contribution in [0.2, 0.25) is 0 Å². The van der Waals surface area contributed by atoms with Gasteiger partial charge in [-0.05, 0) is 44.0 Å². The van der Waals surface area contributed by atoms with Crippen LogP contribution in [0, 0.1) is 11.8 Å². The topological polar surface area (TPSA) is 70.6 Å². The Kier molecular flexibility index (Phi) is 4.58. The first-order valence-corrected chi connectivity index (χ1v) is 9.35. The maximum Gasteiger partial charge on any atom is 0.326 e. The van der Waals surface area contributed by atoms with E-state index in [-0.39, 0.29) is 11.6 Å². The van der Waals surface area contributed by atoms with E-state index in [2.05, 4.69) is 16.9 Å². The van der Waals surface area contributed by atoms with Crippen molar-refractivity contribution < 1.29 is 9.53 Å². The molecule has 1 aromatic heterocycles. The van der Waals surface area contributed by atoms with Crippen molar-refractivity contribution in [3.8, 4) is 0 Å². The van der Waals surface area contributed by atoms with Crippen LogP contribution in [-0.2, 0) is 11.3 Å². The number of carbonyl (C=O) groups is 1. The highest BCUT2D eigenvalue weighted by molar-refractivity contribution is 5.97. The maximum absolute atomic E-state index is 12.9. The van der Waals surface area contributed by atoms with Crippen LogP contribution in [0.1, 0.15) is 17.3 Å². The third-order valence-corrected chi connectivity index (χ3v) is 5.64. The molecule has 1 N–H and O–H groups in total. The van der Waals surface area contributed by atoms with Gasteiger partial charge in [-0.15, -0.1) is 0 Å². The van der Waals surface area contributed by atoms with Crippen molar-refractivity contribution in [1.82, 2.24) is 19.4 Å². The van der Waals surface area contributed by atoms with Gasteiger partial charge in [0.15, 0.2) is 0 Å². The highest BCUT2D eigenvalue weighted by atomic mass is 16.5. The normalized spacial score (nSPS) is 23.1. The molecule has 7 heteroatoms. The molecule has 0 spiro atoms. The third kappa shape index (κ3) is 3.05. The van der Waals surface area contributed by atoms with Crippen LogP contribution in [-0.4, -0.2) is 71.7 Å². The van der Waals surface area contributed by atoms with Crippen LogP contribution in [0.4, 0.5) is 0 Å². The number of benzene rings is 1. The fraction of sp³-hybridized carbons (Fsp3) is 0.579. The molecule has 0 unspecified atom stereocenters. The summed E-state index contributed by atoms with van der Waals surface area (Å²) in [6.45, 7) is 7.37. The smallest absolute Gasteiger partial charge is 0.326 e. The molecule has 2 aliphatic heterocycles. The van der Waals surface area contributed by atoms with Crippen LogP contribution in [0.25, 0.3) is 11.0 Å². The minimum absolute atomic E-state index is 0.0619. The van der Waals surface area contributed by atoms with Crippen molar-refractivity contribution in [3.05, 3.63) is 34.2 Å². The number of likely N-dealkylation sites (tertiary alicyclic amines) is 2. The van der Waals surface area contributed by atoms with Crippen molar-refractivity contribution >= 4 is 16.9 Å². The van der Waals surface area contributed by atoms with E-state index in [4.69, 9.17) is 4.74 Å². The van der Waals surface area contributed by atoms with Crippen LogP contribution in [0.3, 0.4) is 0 Å². The summed E-state index contributed by atoms with van der Waals surface area (Å²) >= 11 is 0. The molecule has 7 nitrogen and oxygen atoms in total. The van der Waals surface area contributed by atoms with Gasteiger partial charge in [0.05, 0.1) is 24.2 Å². The Balaban J connectivity index is 1.52. The minimum atomic E-state index is -0.164. The summed E-state index contributed by atoms with van der Waals surface area (Å²) in [5.74, 6) is 1.24. The molecule has 1 aromatic carbocycles. The summed E-state index contributed by atoms with van der Waals surface area (Å²) in [7, 11) is 2.14. The van der Waals surface area contributed by atoms with Gasteiger partial charge in [0.1, 0.15) is 0 Å². The van der Waals surface area contributed by atoms with E-state index < -0.39 is 0 Å². The molecule has 2 fully saturated rings. The number of fused-ring (bicyclic) bond motifs is 2. The van der Waals surface area contributed by atoms with E-state index in [1.54, 1.807) is 10.6 Å². The number of amides is 1. The number of aromatic amines is 1. The molecule has 0 saturated carbocycles. The molecule has 0 radical (unpaired) electrons. The summed E-state index contributed by atoms with van der Waals surface area (Å²) in [5, 5.41) is 0. The molecular formula is C19H26N4O3. The minimum Gasteiger partial charge on any atom is -0.380 e. The number of nitrogens with zero attached hydrogens (tertiary/aromatic N) is 3. The van der Waals surface area contributed by atoms with Gasteiger partial charge in [-0.2, -0.15) is 0 Å². The number of carbonyl (C=O) groups excluding carboxylic acids is 1. The molecule has 1 amide bonds. The summed E-state index contributed by atoms with van der Waals surface area (Å²) in [5.41, 5.74) is 2.00. The number of H-pyrrole nitrogens is 1. The Morgan fingerprint density at radius 1 is 1.23 bits per heavy atom. The fourth-order valence-electron chi connectivity index (χ4n) is 4.39. The van der Waals surface area contributed by atoms with Crippen LogP contribution < -0.4 is 5.69 Å². The van der Waals surface area contributed by atoms with E-state index in [9.17, 15) is 9.59 Å². The highest BCUT2D eigenvalue weighted by Gasteiger charge is 2.40. The Hall–Kier alpha value is -2.12. The second-order valence-corrected chi connectivity index (χ2v) is 7.46. The number of ether oxygens (including phenoxy) is 1. The first-order chi connectivity index (χ1) is 12.6. The van der Waals surface area contributed by atoms with Crippen LogP contribution >= 0.6 is 0 Å². The predicted molar refractivity (Wildman–Crippen MR) is 99.4 cm³/mol. The second kappa shape index (κ2) is 6.89. The Bertz CT molecular complexity index is 857. The molecule has 3 heterocycles. The van der Waals surface area contributed by atoms with Crippen molar-refractivity contribution in [2.24, 2.45) is 11.8 Å². The molecule has 2 aromatic rings. The van der Waals surface area contributed by atoms with Crippen LogP contribution in [0.5, 0.6) is 0 Å². The molecule has 4 rings (SSSR count). The predicted octanol–water partition coefficient (Wildman–Crippen LogP) is 1.000. The number of hydrogen-bond acceptors (Lipinski definition) is 4. The van der Waals surface area contributed by atoms with Gasteiger partial charge >= 0.3 is 5.69 Å². The number of rotatable bonds is 5. The SMILES string of the molecule is CCOCCn1c(=O)[nH]c2cc(C(=O)N3C[C@H]4CN(C)C[C@H]4C3)ccc21. The van der Waals surface area contributed by atoms with Crippen molar-refractivity contribution in [1.29, 1.82) is 0 Å². The maximum atomic E-state index is 12.9. The standard InChI is InChI=1S/C19H26N4O3/c1-3-26-7-6-23-17-5-4-13(8-16(17)20-19(23)25)18(24)22-11-14-9-21(2)10-15(14)12-22/h4-5,8,14-15H,3,6-7,9-12H2,1-2H3,(H,20,25)/t14-,15+. The van der Waals surface area contributed by atoms with Gasteiger partial charge < -0.3 is 19.5 Å². The van der Waals surface area contributed by atoms with Gasteiger partial charge in [-0.3, -0.25) is 9.36 Å². The zero-order valence-corrected chi connectivity index (χ0v) is 15.4. The van der Waals surface area contributed by atoms with Crippen molar-refractivity contribution in [2.75, 3.05) is 46.4 Å². The highest BCUT2D eigenvalue weighted by Crippen LogP contribution is 2.31. The molecule has 140 valence electrons. The van der Waals surface area contributed by atoms with E-state index in [0.29, 0.717) is 42.7 Å². The summed E-state index contributed by atoms with van der Waals surface area (Å²) in [6.07, 6.45) is 0. The van der Waals surface area contributed by atoms with Crippen molar-refractivity contribution in [3.63, 3.8) is 0 Å². The molecule has 0 aliphatic carbocycles. The average Bonchev–Trinajstić information content (AvgIpc) is 3.25. The molecule has 2 atom stereocenters. The molecule has 26 heavy (non-hydrogen) atoms. The zero-order chi connectivity index (χ0) is 18.3. The quantitative estimate of drug-likeness (QED) is 0.810. The fourth-order valence-corrected chi connectivity index (χ4v) is 4.39. The molecular weight excluding hydrogens is 332 g/mol. The summed E-state index contributed by atoms with van der Waals surface area (Å²) < 4.78 is 7.01. The second-order valence-electron chi connectivity index (χ2n) is 7.46. The van der Waals surface area contributed by atoms with E-state index in [1.807, 2.05) is 24.0 Å². The van der Waals surface area contributed by atoms with Gasteiger partial charge in [-0.25, -0.2) is 4.79 Å². The summed E-state index contributed by atoms with van der Waals surface area (Å²) in [4.78, 5) is 32.3. The lowest BCUT2D eigenvalue weighted by Gasteiger charge is -2.19. The lowest BCUT2D eigenvalue weighted by Crippen LogP contribution is -2.32. The largest absolute Gasteiger partial charge is 0.380 e. The Morgan fingerprint density at radius 2 is 1.96 bits per heavy atom. The van der Waals surface area contributed by atoms with Crippen LogP contribution in [0.15, 0.2) is 23.0 Å². The lowest BCUT2D eigenvalue weighted by molar-refractivity contribution is 0.0776. The van der Waals surface area contributed by atoms with Crippen molar-refractivity contribution in [2.45, 2.75) is 13.5 Å². The Morgan fingerprint density at radius 3 is 2.65 bits per heavy atom. The first-order valence-electron chi connectivity index (χ1n) is 9.35. The molecule has 2 aliphatic rings. The first kappa shape index (κ1) is 17.3. The van der Waals surface area contributed by atoms with Gasteiger partial charge in [0, 0.05) is 38.3 Å². The summed E-state index contributed by atoms with van der Waals surface area (Å²) in [6, 6.07) is 5.49. The van der Waals surface area contributed by atoms with Gasteiger partial charge in [0.2, 0.25) is 0 Å². The number of aromatic nitrogens is 2. The van der Waals surface area contributed by atoms with Gasteiger partial charge in [-0.1, -0.05) is 0 Å². The third-order valence-electron chi connectivity index (χ3n) is 5.64. The number of imidazole rings is 1. The average molecular weight is 358 g/mol. The monoisotopic (exact) mass is 358 g/mol. The molecule has 0 bridgehead atoms. The van der Waals surface area contributed by atoms with E-state index in [1.165, 1.54) is 0 Å². The number of nitrogens with one attached hydrogen (secondary N) is 1. The Labute approximate surface area is 152 Å². The lowest BCUT2D eigenvalue weighted by atomic mass is 10.0. The van der Waals surface area contributed by atoms with Gasteiger partial charge in [0.25, 0.3) is 5.91 Å². The van der Waals surface area contributed by atoms with E-state index >= 15 is 0 Å².